The van der Waals surface area contributed by atoms with Gasteiger partial charge in [0.25, 0.3) is 0 Å². The Morgan fingerprint density at radius 3 is 2.74 bits per heavy atom. The molecule has 1 fully saturated rings. The second-order valence-electron chi connectivity index (χ2n) is 7.20. The van der Waals surface area contributed by atoms with Crippen LogP contribution >= 0.6 is 0 Å². The lowest BCUT2D eigenvalue weighted by atomic mass is 9.87. The second-order valence-corrected chi connectivity index (χ2v) is 7.20. The van der Waals surface area contributed by atoms with Crippen molar-refractivity contribution in [2.45, 2.75) is 64.0 Å². The monoisotopic (exact) mass is 376 g/mol. The number of nitrogens with zero attached hydrogens (tertiary/aromatic N) is 1. The topological polar surface area (TPSA) is 78.9 Å². The van der Waals surface area contributed by atoms with E-state index in [9.17, 15) is 14.7 Å². The molecular weight excluding hydrogens is 344 g/mol. The van der Waals surface area contributed by atoms with Gasteiger partial charge in [0, 0.05) is 19.7 Å². The first-order valence-corrected chi connectivity index (χ1v) is 10.0. The van der Waals surface area contributed by atoms with Crippen molar-refractivity contribution in [3.8, 4) is 0 Å². The zero-order chi connectivity index (χ0) is 19.5. The normalized spacial score (nSPS) is 20.2. The lowest BCUT2D eigenvalue weighted by Crippen LogP contribution is -2.59. The molecule has 0 saturated carbocycles. The molecule has 1 atom stereocenters. The lowest BCUT2D eigenvalue weighted by Gasteiger charge is -2.35. The summed E-state index contributed by atoms with van der Waals surface area (Å²) in [6, 6.07) is 9.46. The number of alkyl carbamates (subject to hydrolysis) is 1. The first-order chi connectivity index (χ1) is 13.1. The molecular formula is C21H32N2O4. The van der Waals surface area contributed by atoms with Crippen molar-refractivity contribution in [3.05, 3.63) is 35.9 Å². The van der Waals surface area contributed by atoms with Crippen LogP contribution in [0.5, 0.6) is 0 Å². The summed E-state index contributed by atoms with van der Waals surface area (Å²) in [5.74, 6) is -0.0430. The number of likely N-dealkylation sites (tertiary alicyclic amines) is 1. The van der Waals surface area contributed by atoms with E-state index in [0.717, 1.165) is 37.8 Å². The number of amides is 2. The highest BCUT2D eigenvalue weighted by atomic mass is 16.5. The fourth-order valence-corrected chi connectivity index (χ4v) is 3.55. The van der Waals surface area contributed by atoms with Gasteiger partial charge in [-0.05, 0) is 44.1 Å². The van der Waals surface area contributed by atoms with Crippen LogP contribution < -0.4 is 5.32 Å². The van der Waals surface area contributed by atoms with Crippen molar-refractivity contribution in [1.29, 1.82) is 0 Å². The van der Waals surface area contributed by atoms with E-state index >= 15 is 0 Å². The van der Waals surface area contributed by atoms with Gasteiger partial charge in [0.2, 0.25) is 5.91 Å². The molecule has 0 spiro atoms. The van der Waals surface area contributed by atoms with Crippen LogP contribution in [0.4, 0.5) is 4.79 Å². The molecule has 2 N–H and O–H groups in total. The molecule has 1 heterocycles. The van der Waals surface area contributed by atoms with E-state index in [0.29, 0.717) is 25.8 Å². The van der Waals surface area contributed by atoms with Crippen LogP contribution in [0.1, 0.15) is 57.4 Å². The minimum atomic E-state index is -0.985. The van der Waals surface area contributed by atoms with Gasteiger partial charge >= 0.3 is 6.09 Å². The summed E-state index contributed by atoms with van der Waals surface area (Å²) < 4.78 is 5.36. The van der Waals surface area contributed by atoms with E-state index in [-0.39, 0.29) is 19.1 Å². The van der Waals surface area contributed by atoms with Gasteiger partial charge in [-0.3, -0.25) is 4.79 Å². The summed E-state index contributed by atoms with van der Waals surface area (Å²) in [6.07, 6.45) is 4.63. The molecule has 6 heteroatoms. The van der Waals surface area contributed by atoms with E-state index in [1.54, 1.807) is 0 Å². The van der Waals surface area contributed by atoms with Crippen LogP contribution in [-0.4, -0.2) is 47.2 Å². The minimum Gasteiger partial charge on any atom is -0.445 e. The summed E-state index contributed by atoms with van der Waals surface area (Å²) in [5.41, 5.74) is -0.0883. The van der Waals surface area contributed by atoms with Gasteiger partial charge in [0.15, 0.2) is 0 Å². The highest BCUT2D eigenvalue weighted by molar-refractivity contribution is 5.90. The number of hydrogen-bond acceptors (Lipinski definition) is 4. The van der Waals surface area contributed by atoms with Gasteiger partial charge < -0.3 is 20.1 Å². The third kappa shape index (κ3) is 6.24. The predicted molar refractivity (Wildman–Crippen MR) is 104 cm³/mol. The number of hydrogen-bond donors (Lipinski definition) is 2. The Morgan fingerprint density at radius 2 is 2.04 bits per heavy atom. The van der Waals surface area contributed by atoms with E-state index in [1.807, 2.05) is 35.2 Å². The van der Waals surface area contributed by atoms with Crippen LogP contribution in [0.15, 0.2) is 30.3 Å². The van der Waals surface area contributed by atoms with E-state index in [1.165, 1.54) is 0 Å². The van der Waals surface area contributed by atoms with Gasteiger partial charge in [0.1, 0.15) is 12.1 Å². The molecule has 27 heavy (non-hydrogen) atoms. The average molecular weight is 376 g/mol. The average Bonchev–Trinajstić information content (AvgIpc) is 2.84. The smallest absolute Gasteiger partial charge is 0.408 e. The van der Waals surface area contributed by atoms with Gasteiger partial charge in [0.05, 0.1) is 0 Å². The molecule has 150 valence electrons. The zero-order valence-electron chi connectivity index (χ0n) is 16.3. The number of carbonyl (C=O) groups is 2. The number of aliphatic hydroxyl groups is 1. The molecule has 1 aliphatic heterocycles. The summed E-state index contributed by atoms with van der Waals surface area (Å²) in [5, 5.41) is 12.2. The number of unbranched alkanes of at least 4 members (excludes halogenated alkanes) is 1. The molecule has 1 aromatic rings. The molecule has 1 unspecified atom stereocenters. The maximum Gasteiger partial charge on any atom is 0.408 e. The summed E-state index contributed by atoms with van der Waals surface area (Å²) >= 11 is 0. The van der Waals surface area contributed by atoms with E-state index in [2.05, 4.69) is 12.2 Å². The van der Waals surface area contributed by atoms with Crippen LogP contribution in [0.25, 0.3) is 0 Å². The van der Waals surface area contributed by atoms with Crippen LogP contribution in [0, 0.1) is 0 Å². The number of benzene rings is 1. The van der Waals surface area contributed by atoms with Gasteiger partial charge in [-0.2, -0.15) is 0 Å². The van der Waals surface area contributed by atoms with Crippen LogP contribution in [0.2, 0.25) is 0 Å². The van der Waals surface area contributed by atoms with E-state index in [4.69, 9.17) is 4.74 Å². The minimum absolute atomic E-state index is 0.00919. The van der Waals surface area contributed by atoms with Gasteiger partial charge in [-0.1, -0.05) is 43.7 Å². The van der Waals surface area contributed by atoms with Gasteiger partial charge in [-0.25, -0.2) is 4.79 Å². The number of aliphatic hydroxyl groups excluding tert-OH is 1. The Balaban J connectivity index is 2.08. The summed E-state index contributed by atoms with van der Waals surface area (Å²) in [4.78, 5) is 27.6. The van der Waals surface area contributed by atoms with Crippen molar-refractivity contribution in [2.24, 2.45) is 0 Å². The Labute approximate surface area is 161 Å². The van der Waals surface area contributed by atoms with Crippen molar-refractivity contribution < 1.29 is 19.4 Å². The van der Waals surface area contributed by atoms with Crippen molar-refractivity contribution in [1.82, 2.24) is 10.2 Å². The third-order valence-electron chi connectivity index (χ3n) is 5.08. The maximum atomic E-state index is 13.3. The summed E-state index contributed by atoms with van der Waals surface area (Å²) in [6.45, 7) is 3.68. The number of ether oxygens (including phenoxy) is 1. The molecule has 0 aromatic heterocycles. The van der Waals surface area contributed by atoms with E-state index < -0.39 is 11.6 Å². The fraction of sp³-hybridized carbons (Fsp3) is 0.619. The molecule has 1 saturated heterocycles. The molecule has 6 nitrogen and oxygen atoms in total. The maximum absolute atomic E-state index is 13.3. The molecule has 0 bridgehead atoms. The van der Waals surface area contributed by atoms with Gasteiger partial charge in [-0.15, -0.1) is 0 Å². The Hall–Kier alpha value is -2.08. The number of nitrogens with one attached hydrogen (secondary N) is 1. The Kier molecular flexibility index (Phi) is 8.58. The Bertz CT molecular complexity index is 593. The van der Waals surface area contributed by atoms with Crippen LogP contribution in [-0.2, 0) is 16.1 Å². The lowest BCUT2D eigenvalue weighted by molar-refractivity contribution is -0.138. The zero-order valence-corrected chi connectivity index (χ0v) is 16.3. The third-order valence-corrected chi connectivity index (χ3v) is 5.08. The molecule has 2 amide bonds. The molecule has 0 aliphatic carbocycles. The molecule has 1 aliphatic rings. The first kappa shape index (κ1) is 21.2. The van der Waals surface area contributed by atoms with Crippen molar-refractivity contribution in [3.63, 3.8) is 0 Å². The highest BCUT2D eigenvalue weighted by Crippen LogP contribution is 2.27. The number of carbonyl (C=O) groups excluding carboxylic acids is 2. The first-order valence-electron chi connectivity index (χ1n) is 10.0. The highest BCUT2D eigenvalue weighted by Gasteiger charge is 2.43. The largest absolute Gasteiger partial charge is 0.445 e. The second kappa shape index (κ2) is 10.9. The predicted octanol–water partition coefficient (Wildman–Crippen LogP) is 3.24. The molecule has 2 rings (SSSR count). The molecule has 1 aromatic carbocycles. The Morgan fingerprint density at radius 1 is 1.26 bits per heavy atom. The fourth-order valence-electron chi connectivity index (χ4n) is 3.55. The van der Waals surface area contributed by atoms with Crippen LogP contribution in [0.3, 0.4) is 0 Å². The SMILES string of the molecule is CCCCN1CCCCC(CCCO)(NC(=O)OCc2ccccc2)C1=O. The van der Waals surface area contributed by atoms with Crippen molar-refractivity contribution in [2.75, 3.05) is 19.7 Å². The quantitative estimate of drug-likeness (QED) is 0.693. The summed E-state index contributed by atoms with van der Waals surface area (Å²) in [7, 11) is 0. The van der Waals surface area contributed by atoms with Crippen molar-refractivity contribution >= 4 is 12.0 Å². The molecule has 0 radical (unpaired) electrons. The number of rotatable bonds is 9. The standard InChI is InChI=1S/C21H32N2O4/c1-2-3-14-23-15-8-7-12-21(19(23)25,13-9-16-24)22-20(26)27-17-18-10-5-4-6-11-18/h4-6,10-11,24H,2-3,7-9,12-17H2,1H3,(H,22,26).